The van der Waals surface area contributed by atoms with Crippen LogP contribution in [0.2, 0.25) is 0 Å². The predicted molar refractivity (Wildman–Crippen MR) is 76.5 cm³/mol. The maximum Gasteiger partial charge on any atom is 0.271 e. The molecule has 1 aliphatic heterocycles. The fourth-order valence-corrected chi connectivity index (χ4v) is 2.61. The number of piperidine rings is 1. The highest BCUT2D eigenvalue weighted by molar-refractivity contribution is 5.56. The zero-order valence-electron chi connectivity index (χ0n) is 11.6. The molecule has 0 bridgehead atoms. The standard InChI is InChI=1S/C14H21N3O2/c1-11-5-6-13(17(18)19)8-14(11)15-9-12-4-3-7-16(2)10-12/h5-6,8,12,15H,3-4,7,9-10H2,1-2H3. The topological polar surface area (TPSA) is 58.4 Å². The molecule has 0 spiro atoms. The lowest BCUT2D eigenvalue weighted by molar-refractivity contribution is -0.384. The number of anilines is 1. The summed E-state index contributed by atoms with van der Waals surface area (Å²) in [5.74, 6) is 0.623. The molecular formula is C14H21N3O2. The molecule has 19 heavy (non-hydrogen) atoms. The van der Waals surface area contributed by atoms with Gasteiger partial charge in [0.05, 0.1) is 4.92 Å². The van der Waals surface area contributed by atoms with Crippen molar-refractivity contribution in [2.24, 2.45) is 5.92 Å². The van der Waals surface area contributed by atoms with Crippen LogP contribution in [0.1, 0.15) is 18.4 Å². The van der Waals surface area contributed by atoms with Gasteiger partial charge in [-0.3, -0.25) is 10.1 Å². The van der Waals surface area contributed by atoms with E-state index in [1.54, 1.807) is 18.2 Å². The molecule has 0 aromatic heterocycles. The number of aryl methyl sites for hydroxylation is 1. The van der Waals surface area contributed by atoms with E-state index < -0.39 is 0 Å². The number of hydrogen-bond acceptors (Lipinski definition) is 4. The number of nitrogens with one attached hydrogen (secondary N) is 1. The van der Waals surface area contributed by atoms with E-state index >= 15 is 0 Å². The molecule has 104 valence electrons. The van der Waals surface area contributed by atoms with Gasteiger partial charge in [0.2, 0.25) is 0 Å². The Morgan fingerprint density at radius 3 is 3.00 bits per heavy atom. The van der Waals surface area contributed by atoms with Gasteiger partial charge in [-0.05, 0) is 44.8 Å². The van der Waals surface area contributed by atoms with E-state index in [0.717, 1.165) is 24.3 Å². The maximum absolute atomic E-state index is 10.8. The van der Waals surface area contributed by atoms with Gasteiger partial charge in [0.1, 0.15) is 0 Å². The van der Waals surface area contributed by atoms with Gasteiger partial charge < -0.3 is 10.2 Å². The summed E-state index contributed by atoms with van der Waals surface area (Å²) < 4.78 is 0. The lowest BCUT2D eigenvalue weighted by Crippen LogP contribution is -2.35. The van der Waals surface area contributed by atoms with Crippen LogP contribution < -0.4 is 5.32 Å². The Bertz CT molecular complexity index is 462. The van der Waals surface area contributed by atoms with E-state index in [-0.39, 0.29) is 10.6 Å². The van der Waals surface area contributed by atoms with Gasteiger partial charge in [-0.2, -0.15) is 0 Å². The van der Waals surface area contributed by atoms with Crippen LogP contribution in [0, 0.1) is 23.0 Å². The van der Waals surface area contributed by atoms with E-state index in [4.69, 9.17) is 0 Å². The van der Waals surface area contributed by atoms with Crippen LogP contribution in [0.4, 0.5) is 11.4 Å². The SMILES string of the molecule is Cc1ccc([N+](=O)[O-])cc1NCC1CCCN(C)C1. The van der Waals surface area contributed by atoms with Gasteiger partial charge in [0.15, 0.2) is 0 Å². The summed E-state index contributed by atoms with van der Waals surface area (Å²) in [5, 5.41) is 14.2. The quantitative estimate of drug-likeness (QED) is 0.670. The average Bonchev–Trinajstić information content (AvgIpc) is 2.37. The largest absolute Gasteiger partial charge is 0.384 e. The highest BCUT2D eigenvalue weighted by atomic mass is 16.6. The number of nitro benzene ring substituents is 1. The molecule has 0 saturated carbocycles. The third-order valence-corrected chi connectivity index (χ3v) is 3.74. The summed E-state index contributed by atoms with van der Waals surface area (Å²) in [6.45, 7) is 5.12. The third-order valence-electron chi connectivity index (χ3n) is 3.74. The van der Waals surface area contributed by atoms with Crippen molar-refractivity contribution in [2.45, 2.75) is 19.8 Å². The molecule has 5 nitrogen and oxygen atoms in total. The molecule has 0 aliphatic carbocycles. The van der Waals surface area contributed by atoms with Gasteiger partial charge in [0.25, 0.3) is 5.69 Å². The van der Waals surface area contributed by atoms with Gasteiger partial charge in [-0.1, -0.05) is 6.07 Å². The van der Waals surface area contributed by atoms with Crippen molar-refractivity contribution < 1.29 is 4.92 Å². The van der Waals surface area contributed by atoms with Crippen LogP contribution in [0.25, 0.3) is 0 Å². The highest BCUT2D eigenvalue weighted by Gasteiger charge is 2.17. The van der Waals surface area contributed by atoms with Crippen molar-refractivity contribution in [2.75, 3.05) is 32.0 Å². The first-order valence-corrected chi connectivity index (χ1v) is 6.73. The molecule has 1 fully saturated rings. The Balaban J connectivity index is 1.98. The van der Waals surface area contributed by atoms with E-state index in [2.05, 4.69) is 17.3 Å². The molecule has 1 heterocycles. The Morgan fingerprint density at radius 1 is 1.53 bits per heavy atom. The molecule has 0 amide bonds. The Morgan fingerprint density at radius 2 is 2.32 bits per heavy atom. The minimum Gasteiger partial charge on any atom is -0.384 e. The molecule has 5 heteroatoms. The second-order valence-corrected chi connectivity index (χ2v) is 5.41. The van der Waals surface area contributed by atoms with Crippen molar-refractivity contribution in [3.05, 3.63) is 33.9 Å². The first-order valence-electron chi connectivity index (χ1n) is 6.73. The number of rotatable bonds is 4. The van der Waals surface area contributed by atoms with Crippen LogP contribution >= 0.6 is 0 Å². The first-order chi connectivity index (χ1) is 9.06. The Kier molecular flexibility index (Phi) is 4.37. The average molecular weight is 263 g/mol. The van der Waals surface area contributed by atoms with E-state index in [0.29, 0.717) is 5.92 Å². The zero-order chi connectivity index (χ0) is 13.8. The molecule has 1 aliphatic rings. The lowest BCUT2D eigenvalue weighted by atomic mass is 9.98. The fourth-order valence-electron chi connectivity index (χ4n) is 2.61. The maximum atomic E-state index is 10.8. The molecule has 1 N–H and O–H groups in total. The number of likely N-dealkylation sites (tertiary alicyclic amines) is 1. The third kappa shape index (κ3) is 3.67. The van der Waals surface area contributed by atoms with Gasteiger partial charge >= 0.3 is 0 Å². The number of nitro groups is 1. The van der Waals surface area contributed by atoms with Crippen LogP contribution in [0.3, 0.4) is 0 Å². The molecular weight excluding hydrogens is 242 g/mol. The summed E-state index contributed by atoms with van der Waals surface area (Å²) in [5.41, 5.74) is 2.08. The normalized spacial score (nSPS) is 20.2. The minimum atomic E-state index is -0.348. The summed E-state index contributed by atoms with van der Waals surface area (Å²) >= 11 is 0. The van der Waals surface area contributed by atoms with Crippen molar-refractivity contribution in [1.82, 2.24) is 4.90 Å². The summed E-state index contributed by atoms with van der Waals surface area (Å²) in [6.07, 6.45) is 2.46. The molecule has 2 rings (SSSR count). The molecule has 1 aromatic rings. The summed E-state index contributed by atoms with van der Waals surface area (Å²) in [4.78, 5) is 12.8. The van der Waals surface area contributed by atoms with Crippen LogP contribution in [0.5, 0.6) is 0 Å². The first kappa shape index (κ1) is 13.8. The van der Waals surface area contributed by atoms with Gasteiger partial charge in [-0.15, -0.1) is 0 Å². The monoisotopic (exact) mass is 263 g/mol. The fraction of sp³-hybridized carbons (Fsp3) is 0.571. The number of hydrogen-bond donors (Lipinski definition) is 1. The van der Waals surface area contributed by atoms with Crippen LogP contribution in [-0.4, -0.2) is 36.5 Å². The van der Waals surface area contributed by atoms with Crippen molar-refractivity contribution in [1.29, 1.82) is 0 Å². The molecule has 1 aromatic carbocycles. The Labute approximate surface area is 113 Å². The molecule has 0 radical (unpaired) electrons. The van der Waals surface area contributed by atoms with Crippen LogP contribution in [0.15, 0.2) is 18.2 Å². The molecule has 1 saturated heterocycles. The van der Waals surface area contributed by atoms with E-state index in [9.17, 15) is 10.1 Å². The summed E-state index contributed by atoms with van der Waals surface area (Å²) in [7, 11) is 2.14. The van der Waals surface area contributed by atoms with E-state index in [1.165, 1.54) is 19.4 Å². The number of nitrogens with zero attached hydrogens (tertiary/aromatic N) is 2. The van der Waals surface area contributed by atoms with Crippen molar-refractivity contribution in [3.8, 4) is 0 Å². The zero-order valence-corrected chi connectivity index (χ0v) is 11.6. The van der Waals surface area contributed by atoms with Gasteiger partial charge in [0, 0.05) is 30.9 Å². The second-order valence-electron chi connectivity index (χ2n) is 5.41. The smallest absolute Gasteiger partial charge is 0.271 e. The van der Waals surface area contributed by atoms with Crippen molar-refractivity contribution >= 4 is 11.4 Å². The minimum absolute atomic E-state index is 0.147. The van der Waals surface area contributed by atoms with Crippen molar-refractivity contribution in [3.63, 3.8) is 0 Å². The number of benzene rings is 1. The molecule has 1 atom stereocenters. The Hall–Kier alpha value is -1.62. The predicted octanol–water partition coefficient (Wildman–Crippen LogP) is 2.66. The van der Waals surface area contributed by atoms with Gasteiger partial charge in [-0.25, -0.2) is 0 Å². The highest BCUT2D eigenvalue weighted by Crippen LogP contribution is 2.23. The van der Waals surface area contributed by atoms with Crippen LogP contribution in [-0.2, 0) is 0 Å². The lowest BCUT2D eigenvalue weighted by Gasteiger charge is -2.30. The summed E-state index contributed by atoms with van der Waals surface area (Å²) in [6, 6.07) is 4.98. The molecule has 1 unspecified atom stereocenters. The second kappa shape index (κ2) is 6.02. The number of non-ortho nitro benzene ring substituents is 1. The van der Waals surface area contributed by atoms with E-state index in [1.807, 2.05) is 6.92 Å².